The van der Waals surface area contributed by atoms with Crippen LogP contribution in [0.15, 0.2) is 18.2 Å². The topological polar surface area (TPSA) is 17.1 Å². The predicted octanol–water partition coefficient (Wildman–Crippen LogP) is 4.64. The van der Waals surface area contributed by atoms with Crippen LogP contribution in [0.25, 0.3) is 0 Å². The second kappa shape index (κ2) is 6.12. The van der Waals surface area contributed by atoms with E-state index in [1.165, 1.54) is 0 Å². The minimum Gasteiger partial charge on any atom is -0.298 e. The summed E-state index contributed by atoms with van der Waals surface area (Å²) in [6.45, 7) is 6.28. The van der Waals surface area contributed by atoms with Gasteiger partial charge in [0, 0.05) is 21.2 Å². The average Bonchev–Trinajstić information content (AvgIpc) is 2.20. The van der Waals surface area contributed by atoms with Gasteiger partial charge >= 0.3 is 0 Å². The van der Waals surface area contributed by atoms with Crippen molar-refractivity contribution in [2.75, 3.05) is 5.75 Å². The van der Waals surface area contributed by atoms with E-state index in [-0.39, 0.29) is 10.5 Å². The van der Waals surface area contributed by atoms with E-state index in [2.05, 4.69) is 20.8 Å². The van der Waals surface area contributed by atoms with Gasteiger partial charge in [-0.2, -0.15) is 0 Å². The highest BCUT2D eigenvalue weighted by molar-refractivity contribution is 8.01. The number of benzene rings is 1. The van der Waals surface area contributed by atoms with Crippen molar-refractivity contribution in [3.8, 4) is 0 Å². The van der Waals surface area contributed by atoms with Gasteiger partial charge in [-0.05, 0) is 23.8 Å². The maximum absolute atomic E-state index is 11.8. The summed E-state index contributed by atoms with van der Waals surface area (Å²) in [6, 6.07) is 5.20. The average molecular weight is 291 g/mol. The van der Waals surface area contributed by atoms with Gasteiger partial charge in [0.25, 0.3) is 0 Å². The first-order chi connectivity index (χ1) is 7.78. The van der Waals surface area contributed by atoms with E-state index in [1.807, 2.05) is 0 Å². The van der Waals surface area contributed by atoms with Crippen LogP contribution in [0.3, 0.4) is 0 Å². The molecule has 94 valence electrons. The van der Waals surface area contributed by atoms with E-state index in [0.717, 1.165) is 5.56 Å². The Kier molecular flexibility index (Phi) is 5.36. The molecule has 0 heterocycles. The van der Waals surface area contributed by atoms with Crippen molar-refractivity contribution in [2.24, 2.45) is 0 Å². The number of rotatable bonds is 4. The highest BCUT2D eigenvalue weighted by Gasteiger charge is 2.14. The van der Waals surface area contributed by atoms with Crippen LogP contribution in [-0.4, -0.2) is 16.3 Å². The van der Waals surface area contributed by atoms with Gasteiger partial charge in [-0.3, -0.25) is 4.79 Å². The van der Waals surface area contributed by atoms with E-state index in [1.54, 1.807) is 30.0 Å². The molecular weight excluding hydrogens is 275 g/mol. The largest absolute Gasteiger partial charge is 0.298 e. The molecule has 4 heteroatoms. The molecule has 0 bridgehead atoms. The smallest absolute Gasteiger partial charge is 0.147 e. The van der Waals surface area contributed by atoms with E-state index in [4.69, 9.17) is 23.2 Å². The lowest BCUT2D eigenvalue weighted by molar-refractivity contribution is -0.116. The van der Waals surface area contributed by atoms with Gasteiger partial charge in [0.15, 0.2) is 0 Å². The molecule has 17 heavy (non-hydrogen) atoms. The van der Waals surface area contributed by atoms with Crippen molar-refractivity contribution in [3.63, 3.8) is 0 Å². The van der Waals surface area contributed by atoms with E-state index in [9.17, 15) is 4.79 Å². The zero-order chi connectivity index (χ0) is 13.1. The lowest BCUT2D eigenvalue weighted by Crippen LogP contribution is -2.14. The van der Waals surface area contributed by atoms with Crippen LogP contribution in [0.4, 0.5) is 0 Å². The Bertz CT molecular complexity index is 410. The Balaban J connectivity index is 2.59. The molecule has 0 N–H and O–H groups in total. The molecular formula is C13H16Cl2OS. The second-order valence-electron chi connectivity index (χ2n) is 4.85. The summed E-state index contributed by atoms with van der Waals surface area (Å²) in [5.41, 5.74) is 0.804. The fraction of sp³-hybridized carbons (Fsp3) is 0.462. The number of ketones is 1. The highest BCUT2D eigenvalue weighted by Crippen LogP contribution is 2.25. The van der Waals surface area contributed by atoms with Gasteiger partial charge < -0.3 is 0 Å². The number of thioether (sulfide) groups is 1. The maximum atomic E-state index is 11.8. The van der Waals surface area contributed by atoms with Crippen molar-refractivity contribution >= 4 is 40.7 Å². The summed E-state index contributed by atoms with van der Waals surface area (Å²) in [5, 5.41) is 1.21. The Morgan fingerprint density at radius 1 is 1.29 bits per heavy atom. The third-order valence-electron chi connectivity index (χ3n) is 2.06. The van der Waals surface area contributed by atoms with Gasteiger partial charge in [0.05, 0.1) is 5.75 Å². The molecule has 0 aliphatic rings. The summed E-state index contributed by atoms with van der Waals surface area (Å²) in [5.74, 6) is 0.681. The number of hydrogen-bond acceptors (Lipinski definition) is 2. The molecule has 1 rings (SSSR count). The molecule has 1 aromatic rings. The van der Waals surface area contributed by atoms with E-state index >= 15 is 0 Å². The zero-order valence-corrected chi connectivity index (χ0v) is 12.5. The van der Waals surface area contributed by atoms with Crippen LogP contribution in [-0.2, 0) is 11.2 Å². The molecule has 0 fully saturated rings. The third kappa shape index (κ3) is 5.80. The van der Waals surface area contributed by atoms with Gasteiger partial charge in [-0.25, -0.2) is 0 Å². The summed E-state index contributed by atoms with van der Waals surface area (Å²) in [4.78, 5) is 11.8. The maximum Gasteiger partial charge on any atom is 0.147 e. The van der Waals surface area contributed by atoms with Crippen LogP contribution >= 0.6 is 35.0 Å². The van der Waals surface area contributed by atoms with Crippen LogP contribution in [0, 0.1) is 0 Å². The Labute approximate surface area is 117 Å². The molecule has 0 spiro atoms. The lowest BCUT2D eigenvalue weighted by atomic mass is 10.1. The number of carbonyl (C=O) groups is 1. The molecule has 0 saturated heterocycles. The molecule has 0 aromatic heterocycles. The minimum absolute atomic E-state index is 0.105. The lowest BCUT2D eigenvalue weighted by Gasteiger charge is -2.16. The van der Waals surface area contributed by atoms with Gasteiger partial charge in [0.2, 0.25) is 0 Å². The number of carbonyl (C=O) groups excluding carboxylic acids is 1. The molecule has 0 radical (unpaired) electrons. The Morgan fingerprint density at radius 3 is 2.53 bits per heavy atom. The van der Waals surface area contributed by atoms with Crippen molar-refractivity contribution < 1.29 is 4.79 Å². The molecule has 0 amide bonds. The molecule has 0 aliphatic carbocycles. The Hall–Kier alpha value is -0.180. The zero-order valence-electron chi connectivity index (χ0n) is 10.2. The SMILES string of the molecule is CC(C)(C)SCC(=O)Cc1cc(Cl)ccc1Cl. The number of Topliss-reactive ketones (excluding diaryl/α,β-unsaturated/α-hetero) is 1. The first kappa shape index (κ1) is 14.9. The molecule has 0 atom stereocenters. The van der Waals surface area contributed by atoms with Crippen LogP contribution in [0.2, 0.25) is 10.0 Å². The quantitative estimate of drug-likeness (QED) is 0.804. The molecule has 0 saturated carbocycles. The minimum atomic E-state index is 0.105. The van der Waals surface area contributed by atoms with Crippen molar-refractivity contribution in [2.45, 2.75) is 31.9 Å². The van der Waals surface area contributed by atoms with Gasteiger partial charge in [0.1, 0.15) is 5.78 Å². The van der Waals surface area contributed by atoms with E-state index < -0.39 is 0 Å². The van der Waals surface area contributed by atoms with Crippen LogP contribution in [0.5, 0.6) is 0 Å². The monoisotopic (exact) mass is 290 g/mol. The summed E-state index contributed by atoms with van der Waals surface area (Å²) >= 11 is 13.5. The first-order valence-corrected chi connectivity index (χ1v) is 7.12. The first-order valence-electron chi connectivity index (χ1n) is 5.37. The molecule has 1 aromatic carbocycles. The molecule has 0 unspecified atom stereocenters. The fourth-order valence-corrected chi connectivity index (χ4v) is 2.31. The Morgan fingerprint density at radius 2 is 1.94 bits per heavy atom. The summed E-state index contributed by atoms with van der Waals surface area (Å²) in [6.07, 6.45) is 0.350. The van der Waals surface area contributed by atoms with Gasteiger partial charge in [-0.15, -0.1) is 11.8 Å². The number of hydrogen-bond donors (Lipinski definition) is 0. The predicted molar refractivity (Wildman–Crippen MR) is 77.4 cm³/mol. The third-order valence-corrected chi connectivity index (χ3v) is 4.00. The van der Waals surface area contributed by atoms with Gasteiger partial charge in [-0.1, -0.05) is 44.0 Å². The normalized spacial score (nSPS) is 11.6. The van der Waals surface area contributed by atoms with Crippen molar-refractivity contribution in [3.05, 3.63) is 33.8 Å². The fourth-order valence-electron chi connectivity index (χ4n) is 1.24. The molecule has 1 nitrogen and oxygen atoms in total. The van der Waals surface area contributed by atoms with Crippen LogP contribution < -0.4 is 0 Å². The van der Waals surface area contributed by atoms with Crippen molar-refractivity contribution in [1.82, 2.24) is 0 Å². The number of halogens is 2. The van der Waals surface area contributed by atoms with E-state index in [0.29, 0.717) is 22.2 Å². The van der Waals surface area contributed by atoms with Crippen LogP contribution in [0.1, 0.15) is 26.3 Å². The molecule has 0 aliphatic heterocycles. The summed E-state index contributed by atoms with van der Waals surface area (Å²) in [7, 11) is 0. The second-order valence-corrected chi connectivity index (χ2v) is 7.50. The standard InChI is InChI=1S/C13H16Cl2OS/c1-13(2,3)17-8-11(16)7-9-6-10(14)4-5-12(9)15/h4-6H,7-8H2,1-3H3. The summed E-state index contributed by atoms with van der Waals surface area (Å²) < 4.78 is 0.105. The van der Waals surface area contributed by atoms with Crippen molar-refractivity contribution in [1.29, 1.82) is 0 Å². The highest BCUT2D eigenvalue weighted by atomic mass is 35.5.